The van der Waals surface area contributed by atoms with E-state index in [4.69, 9.17) is 5.26 Å². The summed E-state index contributed by atoms with van der Waals surface area (Å²) in [5.74, 6) is 0.108. The highest BCUT2D eigenvalue weighted by Crippen LogP contribution is 2.18. The number of hydrogen-bond donors (Lipinski definition) is 1. The number of rotatable bonds is 4. The van der Waals surface area contributed by atoms with Crippen molar-refractivity contribution in [3.63, 3.8) is 0 Å². The maximum atomic E-state index is 12.3. The van der Waals surface area contributed by atoms with E-state index in [1.54, 1.807) is 12.1 Å². The molecule has 1 heterocycles. The average molecular weight is 336 g/mol. The summed E-state index contributed by atoms with van der Waals surface area (Å²) in [6, 6.07) is 20.3. The van der Waals surface area contributed by atoms with Crippen LogP contribution in [0.15, 0.2) is 71.6 Å². The summed E-state index contributed by atoms with van der Waals surface area (Å²) >= 11 is 0. The Hall–Kier alpha value is -3.24. The maximum Gasteiger partial charge on any atom is 0.263 e. The number of anilines is 1. The summed E-state index contributed by atoms with van der Waals surface area (Å²) in [5.41, 5.74) is 1.80. The normalized spacial score (nSPS) is 10.8. The minimum absolute atomic E-state index is 0.00418. The van der Waals surface area contributed by atoms with Crippen molar-refractivity contribution in [2.45, 2.75) is 4.90 Å². The summed E-state index contributed by atoms with van der Waals surface area (Å²) in [7, 11) is -3.83. The SMILES string of the molecule is N#Cc1cccc(S(=O)(=O)Nc2ccc(-c3ccccc3)nn2)c1. The molecule has 0 aliphatic heterocycles. The van der Waals surface area contributed by atoms with Crippen LogP contribution in [0.1, 0.15) is 5.56 Å². The van der Waals surface area contributed by atoms with Crippen molar-refractivity contribution in [1.29, 1.82) is 5.26 Å². The second kappa shape index (κ2) is 6.48. The van der Waals surface area contributed by atoms with Crippen molar-refractivity contribution < 1.29 is 8.42 Å². The summed E-state index contributed by atoms with van der Waals surface area (Å²) < 4.78 is 27.0. The zero-order valence-electron chi connectivity index (χ0n) is 12.4. The largest absolute Gasteiger partial charge is 0.263 e. The van der Waals surface area contributed by atoms with Gasteiger partial charge in [-0.3, -0.25) is 4.72 Å². The van der Waals surface area contributed by atoms with E-state index in [0.717, 1.165) is 5.56 Å². The molecule has 118 valence electrons. The van der Waals surface area contributed by atoms with Gasteiger partial charge in [-0.1, -0.05) is 36.4 Å². The molecule has 1 N–H and O–H groups in total. The van der Waals surface area contributed by atoms with Gasteiger partial charge < -0.3 is 0 Å². The molecule has 3 aromatic rings. The maximum absolute atomic E-state index is 12.3. The van der Waals surface area contributed by atoms with E-state index in [0.29, 0.717) is 5.69 Å². The van der Waals surface area contributed by atoms with E-state index in [2.05, 4.69) is 14.9 Å². The Kier molecular flexibility index (Phi) is 4.22. The fourth-order valence-corrected chi connectivity index (χ4v) is 3.12. The molecule has 0 aliphatic rings. The third-order valence-electron chi connectivity index (χ3n) is 3.25. The van der Waals surface area contributed by atoms with Crippen molar-refractivity contribution >= 4 is 15.8 Å². The van der Waals surface area contributed by atoms with Crippen LogP contribution in [0.2, 0.25) is 0 Å². The van der Waals surface area contributed by atoms with E-state index in [1.165, 1.54) is 24.3 Å². The van der Waals surface area contributed by atoms with Gasteiger partial charge >= 0.3 is 0 Å². The van der Waals surface area contributed by atoms with Gasteiger partial charge in [0.25, 0.3) is 10.0 Å². The molecule has 0 radical (unpaired) electrons. The van der Waals surface area contributed by atoms with Crippen molar-refractivity contribution in [2.75, 3.05) is 4.72 Å². The lowest BCUT2D eigenvalue weighted by molar-refractivity contribution is 0.601. The Labute approximate surface area is 139 Å². The van der Waals surface area contributed by atoms with E-state index in [9.17, 15) is 8.42 Å². The van der Waals surface area contributed by atoms with Crippen LogP contribution in [0.25, 0.3) is 11.3 Å². The molecule has 0 aliphatic carbocycles. The van der Waals surface area contributed by atoms with Crippen LogP contribution in [0, 0.1) is 11.3 Å². The first kappa shape index (κ1) is 15.6. The number of nitrogens with one attached hydrogen (secondary N) is 1. The molecule has 2 aromatic carbocycles. The van der Waals surface area contributed by atoms with Crippen LogP contribution in [0.3, 0.4) is 0 Å². The lowest BCUT2D eigenvalue weighted by Gasteiger charge is -2.07. The van der Waals surface area contributed by atoms with Gasteiger partial charge in [0, 0.05) is 5.56 Å². The molecule has 6 nitrogen and oxygen atoms in total. The number of nitrogens with zero attached hydrogens (tertiary/aromatic N) is 3. The fraction of sp³-hybridized carbons (Fsp3) is 0. The van der Waals surface area contributed by atoms with E-state index in [1.807, 2.05) is 36.4 Å². The molecule has 0 atom stereocenters. The third-order valence-corrected chi connectivity index (χ3v) is 4.60. The summed E-state index contributed by atoms with van der Waals surface area (Å²) in [5, 5.41) is 16.8. The second-order valence-electron chi connectivity index (χ2n) is 4.91. The van der Waals surface area contributed by atoms with E-state index in [-0.39, 0.29) is 16.3 Å². The highest BCUT2D eigenvalue weighted by atomic mass is 32.2. The predicted molar refractivity (Wildman–Crippen MR) is 89.4 cm³/mol. The number of sulfonamides is 1. The lowest BCUT2D eigenvalue weighted by atomic mass is 10.1. The van der Waals surface area contributed by atoms with Crippen LogP contribution in [-0.2, 0) is 10.0 Å². The van der Waals surface area contributed by atoms with E-state index < -0.39 is 10.0 Å². The number of benzene rings is 2. The summed E-state index contributed by atoms with van der Waals surface area (Å²) in [6.07, 6.45) is 0. The van der Waals surface area contributed by atoms with Crippen molar-refractivity contribution in [3.8, 4) is 17.3 Å². The molecule has 1 aromatic heterocycles. The highest BCUT2D eigenvalue weighted by molar-refractivity contribution is 7.92. The summed E-state index contributed by atoms with van der Waals surface area (Å²) in [4.78, 5) is -0.00418. The minimum atomic E-state index is -3.83. The van der Waals surface area contributed by atoms with E-state index >= 15 is 0 Å². The van der Waals surface area contributed by atoms with Crippen LogP contribution < -0.4 is 4.72 Å². The molecule has 24 heavy (non-hydrogen) atoms. The Balaban J connectivity index is 1.84. The predicted octanol–water partition coefficient (Wildman–Crippen LogP) is 2.82. The van der Waals surface area contributed by atoms with Gasteiger partial charge in [-0.05, 0) is 30.3 Å². The van der Waals surface area contributed by atoms with Gasteiger partial charge in [0.15, 0.2) is 5.82 Å². The fourth-order valence-electron chi connectivity index (χ4n) is 2.08. The van der Waals surface area contributed by atoms with Crippen LogP contribution in [0.4, 0.5) is 5.82 Å². The Morgan fingerprint density at radius 2 is 1.71 bits per heavy atom. The second-order valence-corrected chi connectivity index (χ2v) is 6.60. The molecule has 0 saturated heterocycles. The van der Waals surface area contributed by atoms with Gasteiger partial charge in [0.1, 0.15) is 0 Å². The number of hydrogen-bond acceptors (Lipinski definition) is 5. The first-order chi connectivity index (χ1) is 11.6. The van der Waals surface area contributed by atoms with Crippen LogP contribution in [-0.4, -0.2) is 18.6 Å². The number of aromatic nitrogens is 2. The molecule has 0 fully saturated rings. The zero-order chi connectivity index (χ0) is 17.0. The van der Waals surface area contributed by atoms with Crippen molar-refractivity contribution in [3.05, 3.63) is 72.3 Å². The molecular weight excluding hydrogens is 324 g/mol. The molecular formula is C17H12N4O2S. The summed E-state index contributed by atoms with van der Waals surface area (Å²) in [6.45, 7) is 0. The van der Waals surface area contributed by atoms with Gasteiger partial charge in [0.2, 0.25) is 0 Å². The standard InChI is InChI=1S/C17H12N4O2S/c18-12-13-5-4-8-15(11-13)24(22,23)21-17-10-9-16(19-20-17)14-6-2-1-3-7-14/h1-11H,(H,20,21). The molecule has 0 spiro atoms. The molecule has 3 rings (SSSR count). The van der Waals surface area contributed by atoms with Crippen LogP contribution in [0.5, 0.6) is 0 Å². The van der Waals surface area contributed by atoms with Gasteiger partial charge in [-0.2, -0.15) is 5.26 Å². The topological polar surface area (TPSA) is 95.7 Å². The van der Waals surface area contributed by atoms with Gasteiger partial charge in [-0.25, -0.2) is 8.42 Å². The Bertz CT molecular complexity index is 995. The Morgan fingerprint density at radius 3 is 2.38 bits per heavy atom. The highest BCUT2D eigenvalue weighted by Gasteiger charge is 2.15. The van der Waals surface area contributed by atoms with Gasteiger partial charge in [0.05, 0.1) is 22.2 Å². The first-order valence-electron chi connectivity index (χ1n) is 7.01. The quantitative estimate of drug-likeness (QED) is 0.790. The molecule has 0 amide bonds. The smallest absolute Gasteiger partial charge is 0.262 e. The molecule has 0 bridgehead atoms. The molecule has 7 heteroatoms. The van der Waals surface area contributed by atoms with Crippen molar-refractivity contribution in [1.82, 2.24) is 10.2 Å². The lowest BCUT2D eigenvalue weighted by Crippen LogP contribution is -2.14. The minimum Gasteiger partial charge on any atom is -0.262 e. The monoisotopic (exact) mass is 336 g/mol. The average Bonchev–Trinajstić information content (AvgIpc) is 2.63. The molecule has 0 unspecified atom stereocenters. The number of nitriles is 1. The van der Waals surface area contributed by atoms with Crippen molar-refractivity contribution in [2.24, 2.45) is 0 Å². The Morgan fingerprint density at radius 1 is 0.917 bits per heavy atom. The zero-order valence-corrected chi connectivity index (χ0v) is 13.2. The third kappa shape index (κ3) is 3.39. The first-order valence-corrected chi connectivity index (χ1v) is 8.49. The van der Waals surface area contributed by atoms with Gasteiger partial charge in [-0.15, -0.1) is 10.2 Å². The molecule has 0 saturated carbocycles. The van der Waals surface area contributed by atoms with Crippen LogP contribution >= 0.6 is 0 Å².